The lowest BCUT2D eigenvalue weighted by atomic mass is 10.2. The summed E-state index contributed by atoms with van der Waals surface area (Å²) in [6.45, 7) is 1.21. The second kappa shape index (κ2) is 12.6. The number of amides is 3. The lowest BCUT2D eigenvalue weighted by Gasteiger charge is -2.31. The van der Waals surface area contributed by atoms with E-state index in [0.29, 0.717) is 17.0 Å². The van der Waals surface area contributed by atoms with Gasteiger partial charge < -0.3 is 9.68 Å². The second-order valence-corrected chi connectivity index (χ2v) is 6.95. The van der Waals surface area contributed by atoms with Gasteiger partial charge in [-0.1, -0.05) is 71.0 Å². The average molecular weight is 469 g/mol. The second-order valence-electron chi connectivity index (χ2n) is 6.95. The third-order valence-corrected chi connectivity index (χ3v) is 4.48. The number of rotatable bonds is 6. The standard InChI is InChI=1S/C23H28N6O5/c1-17(30)29(28(3)23(26-34-5)19-14-10-7-11-15-19)21(32)16-20(31)24-27(2)22(25-33-4)18-12-8-6-9-13-18/h6-15H,16H2,1-5H3,(H,24,31)/b25-22+,26-23+. The molecule has 3 amide bonds. The number of oxime groups is 2. The first kappa shape index (κ1) is 25.8. The third-order valence-electron chi connectivity index (χ3n) is 4.48. The zero-order valence-electron chi connectivity index (χ0n) is 19.8. The van der Waals surface area contributed by atoms with E-state index in [0.717, 1.165) is 5.01 Å². The van der Waals surface area contributed by atoms with E-state index in [9.17, 15) is 14.4 Å². The maximum Gasteiger partial charge on any atom is 0.257 e. The normalized spacial score (nSPS) is 11.3. The van der Waals surface area contributed by atoms with Crippen LogP contribution >= 0.6 is 0 Å². The topological polar surface area (TPSA) is 116 Å². The van der Waals surface area contributed by atoms with Gasteiger partial charge in [0.25, 0.3) is 5.91 Å². The molecule has 0 spiro atoms. The number of imide groups is 1. The maximum absolute atomic E-state index is 13.0. The molecular weight excluding hydrogens is 440 g/mol. The molecular formula is C23H28N6O5. The van der Waals surface area contributed by atoms with Crippen molar-refractivity contribution in [2.75, 3.05) is 28.3 Å². The smallest absolute Gasteiger partial charge is 0.257 e. The Morgan fingerprint density at radius 3 is 1.76 bits per heavy atom. The summed E-state index contributed by atoms with van der Waals surface area (Å²) in [7, 11) is 5.77. The zero-order chi connectivity index (χ0) is 25.1. The third kappa shape index (κ3) is 6.79. The molecule has 0 aromatic heterocycles. The van der Waals surface area contributed by atoms with E-state index in [-0.39, 0.29) is 5.84 Å². The number of amidine groups is 2. The molecule has 0 saturated carbocycles. The number of benzene rings is 2. The van der Waals surface area contributed by atoms with E-state index >= 15 is 0 Å². The molecule has 0 fully saturated rings. The van der Waals surface area contributed by atoms with Gasteiger partial charge in [-0.15, -0.1) is 0 Å². The fourth-order valence-electron chi connectivity index (χ4n) is 3.09. The molecule has 1 N–H and O–H groups in total. The molecule has 34 heavy (non-hydrogen) atoms. The van der Waals surface area contributed by atoms with Crippen LogP contribution in [-0.2, 0) is 24.1 Å². The summed E-state index contributed by atoms with van der Waals surface area (Å²) in [5.74, 6) is -1.48. The molecule has 11 nitrogen and oxygen atoms in total. The maximum atomic E-state index is 13.0. The Morgan fingerprint density at radius 1 is 0.824 bits per heavy atom. The van der Waals surface area contributed by atoms with Gasteiger partial charge >= 0.3 is 0 Å². The van der Waals surface area contributed by atoms with E-state index in [1.807, 2.05) is 24.3 Å². The fraction of sp³-hybridized carbons (Fsp3) is 0.261. The number of nitrogens with zero attached hydrogens (tertiary/aromatic N) is 5. The molecule has 0 radical (unpaired) electrons. The van der Waals surface area contributed by atoms with Crippen molar-refractivity contribution in [3.05, 3.63) is 71.8 Å². The van der Waals surface area contributed by atoms with E-state index in [2.05, 4.69) is 15.7 Å². The van der Waals surface area contributed by atoms with Gasteiger partial charge in [0.2, 0.25) is 11.8 Å². The minimum absolute atomic E-state index is 0.211. The number of hydrogen-bond donors (Lipinski definition) is 1. The molecule has 0 bridgehead atoms. The molecule has 0 aliphatic heterocycles. The van der Waals surface area contributed by atoms with E-state index in [1.54, 1.807) is 43.4 Å². The molecule has 2 aromatic carbocycles. The van der Waals surface area contributed by atoms with Crippen molar-refractivity contribution in [2.24, 2.45) is 10.3 Å². The van der Waals surface area contributed by atoms with Gasteiger partial charge in [0.05, 0.1) is 0 Å². The molecule has 180 valence electrons. The molecule has 0 aliphatic rings. The van der Waals surface area contributed by atoms with Crippen LogP contribution in [0.1, 0.15) is 24.5 Å². The predicted octanol–water partition coefficient (Wildman–Crippen LogP) is 1.58. The van der Waals surface area contributed by atoms with Crippen LogP contribution in [0, 0.1) is 0 Å². The van der Waals surface area contributed by atoms with Crippen LogP contribution in [-0.4, -0.2) is 72.7 Å². The Bertz CT molecular complexity index is 1040. The minimum atomic E-state index is -0.759. The van der Waals surface area contributed by atoms with Gasteiger partial charge in [-0.25, -0.2) is 0 Å². The summed E-state index contributed by atoms with van der Waals surface area (Å²) in [5.41, 5.74) is 3.86. The first-order valence-corrected chi connectivity index (χ1v) is 10.2. The first-order valence-electron chi connectivity index (χ1n) is 10.2. The molecule has 0 unspecified atom stereocenters. The molecule has 0 heterocycles. The van der Waals surface area contributed by atoms with Gasteiger partial charge in [0, 0.05) is 32.1 Å². The fourth-order valence-corrected chi connectivity index (χ4v) is 3.09. The summed E-state index contributed by atoms with van der Waals surface area (Å²) in [6.07, 6.45) is -0.613. The largest absolute Gasteiger partial charge is 0.397 e. The Hall–Kier alpha value is -4.41. The Labute approximate surface area is 198 Å². The van der Waals surface area contributed by atoms with Crippen molar-refractivity contribution >= 4 is 29.4 Å². The minimum Gasteiger partial charge on any atom is -0.397 e. The van der Waals surface area contributed by atoms with Crippen molar-refractivity contribution in [3.63, 3.8) is 0 Å². The van der Waals surface area contributed by atoms with Gasteiger partial charge in [-0.3, -0.25) is 29.8 Å². The van der Waals surface area contributed by atoms with Crippen LogP contribution in [0.25, 0.3) is 0 Å². The number of carbonyl (C=O) groups is 3. The summed E-state index contributed by atoms with van der Waals surface area (Å²) in [5, 5.41) is 11.3. The van der Waals surface area contributed by atoms with Crippen LogP contribution in [0.3, 0.4) is 0 Å². The summed E-state index contributed by atoms with van der Waals surface area (Å²) < 4.78 is 0. The quantitative estimate of drug-likeness (QED) is 0.296. The molecule has 0 aliphatic carbocycles. The lowest BCUT2D eigenvalue weighted by molar-refractivity contribution is -0.156. The lowest BCUT2D eigenvalue weighted by Crippen LogP contribution is -2.52. The van der Waals surface area contributed by atoms with Crippen molar-refractivity contribution in [1.29, 1.82) is 0 Å². The Kier molecular flexibility index (Phi) is 9.56. The highest BCUT2D eigenvalue weighted by molar-refractivity contribution is 6.07. The Morgan fingerprint density at radius 2 is 1.29 bits per heavy atom. The molecule has 0 saturated heterocycles. The van der Waals surface area contributed by atoms with Crippen LogP contribution in [0.2, 0.25) is 0 Å². The number of carbonyl (C=O) groups excluding carboxylic acids is 3. The zero-order valence-corrected chi connectivity index (χ0v) is 19.8. The van der Waals surface area contributed by atoms with Crippen molar-refractivity contribution < 1.29 is 24.1 Å². The van der Waals surface area contributed by atoms with Crippen LogP contribution in [0.15, 0.2) is 71.0 Å². The number of nitrogens with one attached hydrogen (secondary N) is 1. The highest BCUT2D eigenvalue weighted by Crippen LogP contribution is 2.10. The summed E-state index contributed by atoms with van der Waals surface area (Å²) in [4.78, 5) is 47.7. The highest BCUT2D eigenvalue weighted by atomic mass is 16.6. The van der Waals surface area contributed by atoms with Crippen molar-refractivity contribution in [3.8, 4) is 0 Å². The summed E-state index contributed by atoms with van der Waals surface area (Å²) >= 11 is 0. The number of hydrazine groups is 2. The highest BCUT2D eigenvalue weighted by Gasteiger charge is 2.29. The van der Waals surface area contributed by atoms with E-state index < -0.39 is 24.1 Å². The predicted molar refractivity (Wildman–Crippen MR) is 126 cm³/mol. The van der Waals surface area contributed by atoms with E-state index in [1.165, 1.54) is 38.2 Å². The number of hydrogen-bond acceptors (Lipinski definition) is 7. The van der Waals surface area contributed by atoms with Gasteiger partial charge in [-0.05, 0) is 0 Å². The molecule has 11 heteroatoms. The van der Waals surface area contributed by atoms with Crippen molar-refractivity contribution in [1.82, 2.24) is 20.5 Å². The van der Waals surface area contributed by atoms with Gasteiger partial charge in [0.15, 0.2) is 11.7 Å². The molecule has 2 aromatic rings. The average Bonchev–Trinajstić information content (AvgIpc) is 2.81. The van der Waals surface area contributed by atoms with E-state index in [4.69, 9.17) is 9.68 Å². The van der Waals surface area contributed by atoms with Crippen molar-refractivity contribution in [2.45, 2.75) is 13.3 Å². The SMILES string of the molecule is CO/N=C(\c1ccccc1)N(C)NC(=O)CC(=O)N(C(C)=O)N(C)/C(=N/OC)c1ccccc1. The Balaban J connectivity index is 2.17. The van der Waals surface area contributed by atoms with Gasteiger partial charge in [0.1, 0.15) is 20.6 Å². The first-order chi connectivity index (χ1) is 16.3. The summed E-state index contributed by atoms with van der Waals surface area (Å²) in [6, 6.07) is 17.9. The molecule has 0 atom stereocenters. The van der Waals surface area contributed by atoms with Gasteiger partial charge in [-0.2, -0.15) is 5.01 Å². The molecule has 2 rings (SSSR count). The van der Waals surface area contributed by atoms with Crippen LogP contribution < -0.4 is 5.43 Å². The van der Waals surface area contributed by atoms with Crippen LogP contribution in [0.4, 0.5) is 0 Å². The van der Waals surface area contributed by atoms with Crippen LogP contribution in [0.5, 0.6) is 0 Å². The monoisotopic (exact) mass is 468 g/mol.